The van der Waals surface area contributed by atoms with Crippen LogP contribution in [0.3, 0.4) is 0 Å². The van der Waals surface area contributed by atoms with Crippen LogP contribution in [0.5, 0.6) is 0 Å². The van der Waals surface area contributed by atoms with E-state index in [2.05, 4.69) is 10.3 Å². The van der Waals surface area contributed by atoms with Gasteiger partial charge < -0.3 is 5.32 Å². The summed E-state index contributed by atoms with van der Waals surface area (Å²) in [6.45, 7) is 1.52. The smallest absolute Gasteiger partial charge is 0.262 e. The van der Waals surface area contributed by atoms with Crippen LogP contribution in [-0.2, 0) is 14.8 Å². The third kappa shape index (κ3) is 2.87. The number of hydrogen-bond donors (Lipinski definition) is 1. The Bertz CT molecular complexity index is 772. The molecule has 1 amide bonds. The highest BCUT2D eigenvalue weighted by Gasteiger charge is 2.31. The lowest BCUT2D eigenvalue weighted by molar-refractivity contribution is -0.120. The number of pyridine rings is 1. The van der Waals surface area contributed by atoms with E-state index >= 15 is 0 Å². The minimum Gasteiger partial charge on any atom is -0.358 e. The number of carbonyl (C=O) groups is 1. The minimum absolute atomic E-state index is 0.114. The van der Waals surface area contributed by atoms with Gasteiger partial charge in [0, 0.05) is 19.8 Å². The predicted molar refractivity (Wildman–Crippen MR) is 78.7 cm³/mol. The van der Waals surface area contributed by atoms with Crippen LogP contribution < -0.4 is 5.32 Å². The van der Waals surface area contributed by atoms with Gasteiger partial charge >= 0.3 is 0 Å². The van der Waals surface area contributed by atoms with E-state index in [1.807, 2.05) is 0 Å². The molecule has 2 aromatic rings. The molecule has 0 saturated heterocycles. The highest BCUT2D eigenvalue weighted by Crippen LogP contribution is 2.25. The van der Waals surface area contributed by atoms with Crippen LogP contribution >= 0.6 is 11.6 Å². The summed E-state index contributed by atoms with van der Waals surface area (Å²) in [5, 5.41) is 2.15. The van der Waals surface area contributed by atoms with Crippen LogP contribution in [0.25, 0.3) is 5.65 Å². The normalized spacial score (nSPS) is 12.0. The van der Waals surface area contributed by atoms with Gasteiger partial charge in [0.05, 0.1) is 6.54 Å². The van der Waals surface area contributed by atoms with E-state index in [1.54, 1.807) is 31.3 Å². The average Bonchev–Trinajstić information content (AvgIpc) is 2.80. The van der Waals surface area contributed by atoms with Crippen molar-refractivity contribution in [3.8, 4) is 0 Å². The molecule has 2 aromatic heterocycles. The number of sulfonamides is 1. The third-order valence-corrected chi connectivity index (χ3v) is 5.30. The zero-order valence-electron chi connectivity index (χ0n) is 11.6. The fourth-order valence-electron chi connectivity index (χ4n) is 1.90. The van der Waals surface area contributed by atoms with Gasteiger partial charge in [0.2, 0.25) is 5.91 Å². The molecule has 0 fully saturated rings. The minimum atomic E-state index is -3.93. The molecule has 9 heteroatoms. The lowest BCUT2D eigenvalue weighted by Crippen LogP contribution is -2.39. The van der Waals surface area contributed by atoms with E-state index in [4.69, 9.17) is 11.6 Å². The Morgan fingerprint density at radius 2 is 2.19 bits per heavy atom. The maximum Gasteiger partial charge on any atom is 0.262 e. The highest BCUT2D eigenvalue weighted by molar-refractivity contribution is 7.89. The second-order valence-electron chi connectivity index (χ2n) is 4.24. The Kier molecular flexibility index (Phi) is 4.50. The van der Waals surface area contributed by atoms with Crippen LogP contribution in [-0.4, -0.2) is 48.2 Å². The predicted octanol–water partition coefficient (Wildman–Crippen LogP) is 0.744. The summed E-state index contributed by atoms with van der Waals surface area (Å²) in [6, 6.07) is 5.07. The van der Waals surface area contributed by atoms with Crippen LogP contribution in [0.4, 0.5) is 0 Å². The van der Waals surface area contributed by atoms with Crippen LogP contribution in [0.15, 0.2) is 29.4 Å². The molecule has 114 valence electrons. The van der Waals surface area contributed by atoms with Crippen molar-refractivity contribution in [1.29, 1.82) is 0 Å². The fraction of sp³-hybridized carbons (Fsp3) is 0.333. The summed E-state index contributed by atoms with van der Waals surface area (Å²) >= 11 is 5.99. The van der Waals surface area contributed by atoms with E-state index in [1.165, 1.54) is 11.4 Å². The van der Waals surface area contributed by atoms with Gasteiger partial charge in [-0.05, 0) is 12.1 Å². The number of carbonyl (C=O) groups excluding carboxylic acids is 1. The van der Waals surface area contributed by atoms with E-state index in [0.717, 1.165) is 4.31 Å². The molecule has 0 aliphatic carbocycles. The average molecular weight is 331 g/mol. The van der Waals surface area contributed by atoms with Crippen molar-refractivity contribution in [1.82, 2.24) is 19.0 Å². The van der Waals surface area contributed by atoms with Crippen molar-refractivity contribution in [3.63, 3.8) is 0 Å². The molecule has 0 bridgehead atoms. The van der Waals surface area contributed by atoms with Gasteiger partial charge in [-0.3, -0.25) is 9.20 Å². The molecule has 0 unspecified atom stereocenters. The van der Waals surface area contributed by atoms with Gasteiger partial charge in [-0.25, -0.2) is 13.4 Å². The second-order valence-corrected chi connectivity index (χ2v) is 6.45. The molecule has 0 saturated carbocycles. The first-order valence-corrected chi connectivity index (χ1v) is 8.07. The number of fused-ring (bicyclic) bond motifs is 1. The molecular weight excluding hydrogens is 316 g/mol. The Morgan fingerprint density at radius 1 is 1.48 bits per heavy atom. The SMILES string of the molecule is CCN(CC(=O)NC)S(=O)(=O)c1c(Cl)nc2ccccn12. The molecule has 7 nitrogen and oxygen atoms in total. The first-order valence-electron chi connectivity index (χ1n) is 6.25. The standard InChI is InChI=1S/C12H15ClN4O3S/c1-3-16(8-10(18)14-2)21(19,20)12-11(13)15-9-6-4-5-7-17(9)12/h4-7H,3,8H2,1-2H3,(H,14,18). The zero-order valence-corrected chi connectivity index (χ0v) is 13.1. The number of amides is 1. The van der Waals surface area contributed by atoms with Crippen LogP contribution in [0, 0.1) is 0 Å². The molecule has 21 heavy (non-hydrogen) atoms. The van der Waals surface area contributed by atoms with Crippen molar-refractivity contribution in [2.45, 2.75) is 11.9 Å². The molecule has 0 aliphatic heterocycles. The summed E-state index contributed by atoms with van der Waals surface area (Å²) in [4.78, 5) is 15.5. The topological polar surface area (TPSA) is 83.8 Å². The van der Waals surface area contributed by atoms with Gasteiger partial charge in [0.15, 0.2) is 10.2 Å². The Labute approximate surface area is 127 Å². The third-order valence-electron chi connectivity index (χ3n) is 2.98. The highest BCUT2D eigenvalue weighted by atomic mass is 35.5. The molecule has 2 rings (SSSR count). The number of imidazole rings is 1. The Hall–Kier alpha value is -1.64. The monoisotopic (exact) mass is 330 g/mol. The van der Waals surface area contributed by atoms with E-state index in [-0.39, 0.29) is 23.3 Å². The maximum absolute atomic E-state index is 12.7. The quantitative estimate of drug-likeness (QED) is 0.876. The van der Waals surface area contributed by atoms with Gasteiger partial charge in [0.1, 0.15) is 5.65 Å². The van der Waals surface area contributed by atoms with Crippen molar-refractivity contribution in [2.24, 2.45) is 0 Å². The molecule has 0 radical (unpaired) electrons. The molecular formula is C12H15ClN4O3S. The van der Waals surface area contributed by atoms with Crippen LogP contribution in [0.2, 0.25) is 5.15 Å². The number of aromatic nitrogens is 2. The summed E-state index contributed by atoms with van der Waals surface area (Å²) in [5.74, 6) is -0.398. The molecule has 2 heterocycles. The molecule has 0 aromatic carbocycles. The molecule has 1 N–H and O–H groups in total. The summed E-state index contributed by atoms with van der Waals surface area (Å²) < 4.78 is 27.9. The maximum atomic E-state index is 12.7. The van der Waals surface area contributed by atoms with E-state index in [0.29, 0.717) is 5.65 Å². The van der Waals surface area contributed by atoms with Crippen LogP contribution in [0.1, 0.15) is 6.92 Å². The second kappa shape index (κ2) is 6.00. The largest absolute Gasteiger partial charge is 0.358 e. The van der Waals surface area contributed by atoms with Crippen molar-refractivity contribution in [3.05, 3.63) is 29.5 Å². The van der Waals surface area contributed by atoms with Gasteiger partial charge in [-0.2, -0.15) is 4.31 Å². The summed E-state index contributed by atoms with van der Waals surface area (Å²) in [7, 11) is -2.48. The van der Waals surface area contributed by atoms with Gasteiger partial charge in [0.25, 0.3) is 10.0 Å². The lowest BCUT2D eigenvalue weighted by atomic mass is 10.5. The number of likely N-dealkylation sites (N-methyl/N-ethyl adjacent to an activating group) is 2. The summed E-state index contributed by atoms with van der Waals surface area (Å²) in [6.07, 6.45) is 1.56. The number of hydrogen-bond acceptors (Lipinski definition) is 4. The number of rotatable bonds is 5. The van der Waals surface area contributed by atoms with E-state index < -0.39 is 15.9 Å². The van der Waals surface area contributed by atoms with Crippen molar-refractivity contribution < 1.29 is 13.2 Å². The molecule has 0 aliphatic rings. The summed E-state index contributed by atoms with van der Waals surface area (Å²) in [5.41, 5.74) is 0.428. The first-order chi connectivity index (χ1) is 9.91. The first kappa shape index (κ1) is 15.7. The lowest BCUT2D eigenvalue weighted by Gasteiger charge is -2.19. The van der Waals surface area contributed by atoms with E-state index in [9.17, 15) is 13.2 Å². The molecule has 0 spiro atoms. The molecule has 0 atom stereocenters. The van der Waals surface area contributed by atoms with Gasteiger partial charge in [-0.1, -0.05) is 24.6 Å². The Morgan fingerprint density at radius 3 is 2.81 bits per heavy atom. The fourth-order valence-corrected chi connectivity index (χ4v) is 3.91. The number of halogens is 1. The zero-order chi connectivity index (χ0) is 15.6. The van der Waals surface area contributed by atoms with Gasteiger partial charge in [-0.15, -0.1) is 0 Å². The van der Waals surface area contributed by atoms with Crippen molar-refractivity contribution >= 4 is 33.2 Å². The number of nitrogens with zero attached hydrogens (tertiary/aromatic N) is 3. The van der Waals surface area contributed by atoms with Crippen molar-refractivity contribution in [2.75, 3.05) is 20.1 Å². The Balaban J connectivity index is 2.55. The number of nitrogens with one attached hydrogen (secondary N) is 1.